The van der Waals surface area contributed by atoms with E-state index in [1.165, 1.54) is 11.3 Å². The van der Waals surface area contributed by atoms with Crippen LogP contribution in [0.15, 0.2) is 29.6 Å². The van der Waals surface area contributed by atoms with Gasteiger partial charge in [0.2, 0.25) is 5.91 Å². The van der Waals surface area contributed by atoms with Crippen LogP contribution in [0.4, 0.5) is 0 Å². The summed E-state index contributed by atoms with van der Waals surface area (Å²) in [5.41, 5.74) is 1.26. The molecule has 1 aromatic heterocycles. The first-order valence-electron chi connectivity index (χ1n) is 7.86. The fourth-order valence-corrected chi connectivity index (χ4v) is 3.36. The molecule has 1 fully saturated rings. The minimum absolute atomic E-state index is 0.119. The Kier molecular flexibility index (Phi) is 5.10. The Bertz CT molecular complexity index is 727. The molecule has 1 atom stereocenters. The van der Waals surface area contributed by atoms with Crippen LogP contribution < -0.4 is 15.4 Å². The Labute approximate surface area is 144 Å². The van der Waals surface area contributed by atoms with Gasteiger partial charge < -0.3 is 15.4 Å². The van der Waals surface area contributed by atoms with Gasteiger partial charge >= 0.3 is 0 Å². The topological polar surface area (TPSA) is 80.3 Å². The third-order valence-electron chi connectivity index (χ3n) is 3.91. The van der Waals surface area contributed by atoms with E-state index in [-0.39, 0.29) is 11.8 Å². The maximum absolute atomic E-state index is 12.3. The van der Waals surface area contributed by atoms with Gasteiger partial charge in [0.15, 0.2) is 0 Å². The van der Waals surface area contributed by atoms with Crippen molar-refractivity contribution < 1.29 is 14.3 Å². The Morgan fingerprint density at radius 2 is 2.12 bits per heavy atom. The summed E-state index contributed by atoms with van der Waals surface area (Å²) in [4.78, 5) is 28.6. The molecule has 1 aromatic carbocycles. The quantitative estimate of drug-likeness (QED) is 0.890. The summed E-state index contributed by atoms with van der Waals surface area (Å²) in [6, 6.07) is 7.03. The number of nitrogens with zero attached hydrogens (tertiary/aromatic N) is 1. The van der Waals surface area contributed by atoms with Crippen molar-refractivity contribution in [3.05, 3.63) is 35.3 Å². The minimum atomic E-state index is -0.480. The summed E-state index contributed by atoms with van der Waals surface area (Å²) in [5, 5.41) is 8.06. The molecule has 24 heavy (non-hydrogen) atoms. The summed E-state index contributed by atoms with van der Waals surface area (Å²) in [6.07, 6.45) is 2.52. The van der Waals surface area contributed by atoms with Crippen LogP contribution >= 0.6 is 11.3 Å². The normalized spacial score (nSPS) is 17.7. The lowest BCUT2D eigenvalue weighted by molar-refractivity contribution is -0.122. The van der Waals surface area contributed by atoms with Gasteiger partial charge in [-0.3, -0.25) is 9.59 Å². The van der Waals surface area contributed by atoms with Crippen LogP contribution in [-0.2, 0) is 4.79 Å². The molecule has 2 amide bonds. The van der Waals surface area contributed by atoms with Crippen molar-refractivity contribution in [2.45, 2.75) is 25.3 Å². The third kappa shape index (κ3) is 3.73. The number of thiazole rings is 1. The molecule has 1 saturated heterocycles. The van der Waals surface area contributed by atoms with Crippen LogP contribution in [0.25, 0.3) is 10.6 Å². The van der Waals surface area contributed by atoms with Gasteiger partial charge in [0.25, 0.3) is 5.91 Å². The Hall–Kier alpha value is -2.41. The zero-order valence-corrected chi connectivity index (χ0v) is 14.2. The molecule has 0 unspecified atom stereocenters. The largest absolute Gasteiger partial charge is 0.497 e. The van der Waals surface area contributed by atoms with Crippen LogP contribution in [-0.4, -0.2) is 36.5 Å². The second-order valence-corrected chi connectivity index (χ2v) is 6.44. The van der Waals surface area contributed by atoms with E-state index in [2.05, 4.69) is 15.6 Å². The van der Waals surface area contributed by atoms with Crippen molar-refractivity contribution in [2.75, 3.05) is 13.7 Å². The molecule has 2 heterocycles. The molecule has 0 aliphatic carbocycles. The van der Waals surface area contributed by atoms with E-state index in [1.54, 1.807) is 12.5 Å². The molecule has 0 spiro atoms. The Morgan fingerprint density at radius 1 is 1.33 bits per heavy atom. The second kappa shape index (κ2) is 7.44. The zero-order chi connectivity index (χ0) is 16.9. The molecule has 2 N–H and O–H groups in total. The van der Waals surface area contributed by atoms with E-state index in [9.17, 15) is 9.59 Å². The molecule has 1 aliphatic heterocycles. The predicted molar refractivity (Wildman–Crippen MR) is 92.2 cm³/mol. The van der Waals surface area contributed by atoms with Crippen LogP contribution in [0.1, 0.15) is 29.8 Å². The number of benzene rings is 1. The van der Waals surface area contributed by atoms with E-state index < -0.39 is 6.04 Å². The van der Waals surface area contributed by atoms with E-state index in [0.29, 0.717) is 18.7 Å². The molecular formula is C17H19N3O3S. The summed E-state index contributed by atoms with van der Waals surface area (Å²) in [5.74, 6) is 0.340. The first kappa shape index (κ1) is 16.4. The van der Waals surface area contributed by atoms with Crippen LogP contribution in [0.5, 0.6) is 5.75 Å². The molecule has 2 aromatic rings. The fourth-order valence-electron chi connectivity index (χ4n) is 2.55. The van der Waals surface area contributed by atoms with Gasteiger partial charge in [-0.25, -0.2) is 4.98 Å². The summed E-state index contributed by atoms with van der Waals surface area (Å²) in [6.45, 7) is 0.670. The number of ether oxygens (including phenoxy) is 1. The number of hydrogen-bond acceptors (Lipinski definition) is 5. The molecule has 0 radical (unpaired) electrons. The van der Waals surface area contributed by atoms with Gasteiger partial charge in [-0.2, -0.15) is 0 Å². The Morgan fingerprint density at radius 3 is 2.88 bits per heavy atom. The van der Waals surface area contributed by atoms with Crippen molar-refractivity contribution in [1.29, 1.82) is 0 Å². The zero-order valence-electron chi connectivity index (χ0n) is 13.4. The van der Waals surface area contributed by atoms with Gasteiger partial charge in [-0.15, -0.1) is 11.3 Å². The third-order valence-corrected chi connectivity index (χ3v) is 4.81. The van der Waals surface area contributed by atoms with E-state index >= 15 is 0 Å². The van der Waals surface area contributed by atoms with Crippen molar-refractivity contribution in [2.24, 2.45) is 0 Å². The van der Waals surface area contributed by atoms with Crippen LogP contribution in [0.3, 0.4) is 0 Å². The SMILES string of the molecule is COc1ccc(-c2nc(C(=O)N[C@@H]3CCCCNC3=O)cs2)cc1. The first-order valence-corrected chi connectivity index (χ1v) is 8.74. The van der Waals surface area contributed by atoms with E-state index in [0.717, 1.165) is 29.2 Å². The van der Waals surface area contributed by atoms with Gasteiger partial charge in [0.1, 0.15) is 22.5 Å². The van der Waals surface area contributed by atoms with Gasteiger partial charge in [-0.1, -0.05) is 0 Å². The molecule has 1 aliphatic rings. The highest BCUT2D eigenvalue weighted by Gasteiger charge is 2.24. The van der Waals surface area contributed by atoms with Crippen molar-refractivity contribution in [3.63, 3.8) is 0 Å². The Balaban J connectivity index is 1.69. The lowest BCUT2D eigenvalue weighted by Gasteiger charge is -2.14. The lowest BCUT2D eigenvalue weighted by atomic mass is 10.1. The molecule has 126 valence electrons. The van der Waals surface area contributed by atoms with Crippen LogP contribution in [0, 0.1) is 0 Å². The number of hydrogen-bond donors (Lipinski definition) is 2. The highest BCUT2D eigenvalue weighted by atomic mass is 32.1. The van der Waals surface area contributed by atoms with Gasteiger partial charge in [0, 0.05) is 17.5 Å². The number of methoxy groups -OCH3 is 1. The van der Waals surface area contributed by atoms with Gasteiger partial charge in [0.05, 0.1) is 7.11 Å². The first-order chi connectivity index (χ1) is 11.7. The summed E-state index contributed by atoms with van der Waals surface area (Å²) in [7, 11) is 1.62. The van der Waals surface area contributed by atoms with Gasteiger partial charge in [-0.05, 0) is 43.5 Å². The number of aromatic nitrogens is 1. The molecule has 7 heteroatoms. The van der Waals surface area contributed by atoms with Crippen LogP contribution in [0.2, 0.25) is 0 Å². The monoisotopic (exact) mass is 345 g/mol. The average molecular weight is 345 g/mol. The summed E-state index contributed by atoms with van der Waals surface area (Å²) >= 11 is 1.40. The molecule has 0 bridgehead atoms. The van der Waals surface area contributed by atoms with Crippen molar-refractivity contribution in [3.8, 4) is 16.3 Å². The molecule has 0 saturated carbocycles. The average Bonchev–Trinajstić information content (AvgIpc) is 3.02. The predicted octanol–water partition coefficient (Wildman–Crippen LogP) is 2.22. The second-order valence-electron chi connectivity index (χ2n) is 5.58. The molecular weight excluding hydrogens is 326 g/mol. The van der Waals surface area contributed by atoms with E-state index in [1.807, 2.05) is 24.3 Å². The highest BCUT2D eigenvalue weighted by Crippen LogP contribution is 2.25. The highest BCUT2D eigenvalue weighted by molar-refractivity contribution is 7.13. The fraction of sp³-hybridized carbons (Fsp3) is 0.353. The molecule has 3 rings (SSSR count). The number of carbonyl (C=O) groups is 2. The van der Waals surface area contributed by atoms with Crippen molar-refractivity contribution >= 4 is 23.2 Å². The molecule has 6 nitrogen and oxygen atoms in total. The maximum Gasteiger partial charge on any atom is 0.271 e. The number of amides is 2. The standard InChI is InChI=1S/C17H19N3O3S/c1-23-12-7-5-11(6-8-12)17-20-14(10-24-17)16(22)19-13-4-2-3-9-18-15(13)21/h5-8,10,13H,2-4,9H2,1H3,(H,18,21)(H,19,22)/t13-/m1/s1. The number of nitrogens with one attached hydrogen (secondary N) is 2. The summed E-state index contributed by atoms with van der Waals surface area (Å²) < 4.78 is 5.13. The lowest BCUT2D eigenvalue weighted by Crippen LogP contribution is -2.45. The smallest absolute Gasteiger partial charge is 0.271 e. The number of carbonyl (C=O) groups excluding carboxylic acids is 2. The minimum Gasteiger partial charge on any atom is -0.497 e. The van der Waals surface area contributed by atoms with E-state index in [4.69, 9.17) is 4.74 Å². The number of rotatable bonds is 4. The maximum atomic E-state index is 12.3. The van der Waals surface area contributed by atoms with Crippen molar-refractivity contribution in [1.82, 2.24) is 15.6 Å².